The lowest BCUT2D eigenvalue weighted by atomic mass is 9.68. The first kappa shape index (κ1) is 20.0. The third kappa shape index (κ3) is 3.11. The number of nitrogens with one attached hydrogen (secondary N) is 1. The van der Waals surface area contributed by atoms with Crippen molar-refractivity contribution >= 4 is 16.8 Å². The number of likely N-dealkylation sites (tertiary alicyclic amines) is 1. The minimum Gasteiger partial charge on any atom is -0.497 e. The standard InChI is InChI=1S/C26H31N3O3/c1-32-19-7-8-20-22(13-19)27-14-21(25(20)30)26(31)29-10-4-5-16-11-17-12-18(24(16)29)15-28-9-3-2-6-23(17)28/h7-8,11,13-14,17-18,23-24H,2-6,9-10,12,15H2,1H3,(H,27,30)/t17-,18-,23-,24-/m0/s1. The van der Waals surface area contributed by atoms with Gasteiger partial charge in [0.2, 0.25) is 5.43 Å². The van der Waals surface area contributed by atoms with Crippen LogP contribution in [0.3, 0.4) is 0 Å². The van der Waals surface area contributed by atoms with Gasteiger partial charge in [-0.3, -0.25) is 14.5 Å². The van der Waals surface area contributed by atoms with E-state index in [4.69, 9.17) is 4.74 Å². The number of amides is 1. The van der Waals surface area contributed by atoms with Gasteiger partial charge >= 0.3 is 0 Å². The third-order valence-corrected chi connectivity index (χ3v) is 8.24. The Morgan fingerprint density at radius 3 is 2.97 bits per heavy atom. The molecule has 1 aromatic carbocycles. The maximum absolute atomic E-state index is 13.7. The van der Waals surface area contributed by atoms with Gasteiger partial charge in [-0.2, -0.15) is 0 Å². The summed E-state index contributed by atoms with van der Waals surface area (Å²) in [5.41, 5.74) is 2.18. The Labute approximate surface area is 188 Å². The number of H-pyrrole nitrogens is 1. The fourth-order valence-electron chi connectivity index (χ4n) is 6.84. The average molecular weight is 434 g/mol. The van der Waals surface area contributed by atoms with Crippen molar-refractivity contribution in [3.05, 3.63) is 51.8 Å². The van der Waals surface area contributed by atoms with Crippen LogP contribution in [0.15, 0.2) is 40.8 Å². The zero-order chi connectivity index (χ0) is 21.8. The van der Waals surface area contributed by atoms with Crippen molar-refractivity contribution in [3.63, 3.8) is 0 Å². The summed E-state index contributed by atoms with van der Waals surface area (Å²) in [5, 5.41) is 0.530. The molecule has 0 radical (unpaired) electrons. The lowest BCUT2D eigenvalue weighted by molar-refractivity contribution is 0.00143. The van der Waals surface area contributed by atoms with Crippen molar-refractivity contribution < 1.29 is 9.53 Å². The van der Waals surface area contributed by atoms with Gasteiger partial charge in [-0.15, -0.1) is 0 Å². The Bertz CT molecular complexity index is 1150. The SMILES string of the molecule is COc1ccc2c(=O)c(C(=O)N3CCCC4=C[C@H]5C[C@@H](CN6CCCC[C@@H]56)[C@H]43)c[nH]c2c1. The molecule has 6 heteroatoms. The van der Waals surface area contributed by atoms with Gasteiger partial charge in [0, 0.05) is 36.8 Å². The lowest BCUT2D eigenvalue weighted by Gasteiger charge is -2.54. The number of nitrogens with zero attached hydrogens (tertiary/aromatic N) is 2. The fraction of sp³-hybridized carbons (Fsp3) is 0.538. The Kier molecular flexibility index (Phi) is 4.86. The molecule has 0 unspecified atom stereocenters. The van der Waals surface area contributed by atoms with E-state index in [0.29, 0.717) is 34.5 Å². The molecular formula is C26H31N3O3. The summed E-state index contributed by atoms with van der Waals surface area (Å²) >= 11 is 0. The van der Waals surface area contributed by atoms with Crippen molar-refractivity contribution in [3.8, 4) is 5.75 Å². The van der Waals surface area contributed by atoms with Crippen LogP contribution in [0.1, 0.15) is 48.9 Å². The van der Waals surface area contributed by atoms with Crippen LogP contribution in [0.2, 0.25) is 0 Å². The highest BCUT2D eigenvalue weighted by Crippen LogP contribution is 2.45. The number of fused-ring (bicyclic) bond motifs is 7. The summed E-state index contributed by atoms with van der Waals surface area (Å²) in [6.07, 6.45) is 11.3. The van der Waals surface area contributed by atoms with E-state index in [1.807, 2.05) is 4.90 Å². The molecule has 3 saturated heterocycles. The molecule has 1 amide bonds. The van der Waals surface area contributed by atoms with Crippen LogP contribution >= 0.6 is 0 Å². The van der Waals surface area contributed by atoms with Gasteiger partial charge in [0.1, 0.15) is 11.3 Å². The molecule has 1 aliphatic carbocycles. The number of aromatic amines is 1. The number of piperidine rings is 3. The van der Waals surface area contributed by atoms with Gasteiger partial charge in [0.15, 0.2) is 0 Å². The second kappa shape index (κ2) is 7.77. The normalized spacial score (nSPS) is 29.8. The van der Waals surface area contributed by atoms with E-state index >= 15 is 0 Å². The maximum atomic E-state index is 13.7. The lowest BCUT2D eigenvalue weighted by Crippen LogP contribution is -2.60. The van der Waals surface area contributed by atoms with Gasteiger partial charge < -0.3 is 14.6 Å². The molecule has 6 rings (SSSR count). The summed E-state index contributed by atoms with van der Waals surface area (Å²) in [6, 6.07) is 6.15. The molecule has 0 saturated carbocycles. The van der Waals surface area contributed by atoms with Crippen LogP contribution in [0.5, 0.6) is 5.75 Å². The van der Waals surface area contributed by atoms with E-state index in [1.54, 1.807) is 31.5 Å². The molecule has 4 heterocycles. The molecule has 3 aliphatic heterocycles. The van der Waals surface area contributed by atoms with Crippen LogP contribution in [-0.4, -0.2) is 59.5 Å². The largest absolute Gasteiger partial charge is 0.497 e. The highest BCUT2D eigenvalue weighted by Gasteiger charge is 2.47. The number of hydrogen-bond donors (Lipinski definition) is 1. The average Bonchev–Trinajstić information content (AvgIpc) is 2.83. The molecular weight excluding hydrogens is 402 g/mol. The second-order valence-corrected chi connectivity index (χ2v) is 9.95. The molecule has 4 aliphatic rings. The van der Waals surface area contributed by atoms with Gasteiger partial charge in [0.25, 0.3) is 5.91 Å². The van der Waals surface area contributed by atoms with Gasteiger partial charge in [-0.25, -0.2) is 0 Å². The van der Waals surface area contributed by atoms with Crippen molar-refractivity contribution in [1.29, 1.82) is 0 Å². The third-order valence-electron chi connectivity index (χ3n) is 8.24. The van der Waals surface area contributed by atoms with Crippen LogP contribution in [0, 0.1) is 11.8 Å². The molecule has 4 atom stereocenters. The summed E-state index contributed by atoms with van der Waals surface area (Å²) in [5.74, 6) is 1.67. The molecule has 2 bridgehead atoms. The van der Waals surface area contributed by atoms with E-state index in [1.165, 1.54) is 37.8 Å². The Hall–Kier alpha value is -2.60. The number of carbonyl (C=O) groups is 1. The Morgan fingerprint density at radius 2 is 2.09 bits per heavy atom. The van der Waals surface area contributed by atoms with Crippen LogP contribution < -0.4 is 10.2 Å². The van der Waals surface area contributed by atoms with E-state index in [-0.39, 0.29) is 22.9 Å². The number of methoxy groups -OCH3 is 1. The van der Waals surface area contributed by atoms with Crippen LogP contribution in [0.4, 0.5) is 0 Å². The molecule has 1 N–H and O–H groups in total. The smallest absolute Gasteiger partial charge is 0.259 e. The first-order valence-corrected chi connectivity index (χ1v) is 12.1. The minimum atomic E-state index is -0.198. The number of rotatable bonds is 2. The summed E-state index contributed by atoms with van der Waals surface area (Å²) < 4.78 is 5.26. The number of benzene rings is 1. The molecule has 32 heavy (non-hydrogen) atoms. The van der Waals surface area contributed by atoms with Crippen molar-refractivity contribution in [1.82, 2.24) is 14.8 Å². The zero-order valence-electron chi connectivity index (χ0n) is 18.7. The van der Waals surface area contributed by atoms with Gasteiger partial charge in [-0.1, -0.05) is 18.1 Å². The number of pyridine rings is 1. The first-order valence-electron chi connectivity index (χ1n) is 12.1. The van der Waals surface area contributed by atoms with Crippen molar-refractivity contribution in [2.24, 2.45) is 11.8 Å². The minimum absolute atomic E-state index is 0.126. The molecule has 3 fully saturated rings. The second-order valence-electron chi connectivity index (χ2n) is 9.95. The zero-order valence-corrected chi connectivity index (χ0v) is 18.7. The molecule has 6 nitrogen and oxygen atoms in total. The van der Waals surface area contributed by atoms with E-state index in [9.17, 15) is 9.59 Å². The Morgan fingerprint density at radius 1 is 1.19 bits per heavy atom. The van der Waals surface area contributed by atoms with Gasteiger partial charge in [0.05, 0.1) is 18.7 Å². The first-order chi connectivity index (χ1) is 15.6. The van der Waals surface area contributed by atoms with Crippen molar-refractivity contribution in [2.75, 3.05) is 26.7 Å². The number of ether oxygens (including phenoxy) is 1. The van der Waals surface area contributed by atoms with Gasteiger partial charge in [-0.05, 0) is 62.6 Å². The summed E-state index contributed by atoms with van der Waals surface area (Å²) in [4.78, 5) is 34.8. The Balaban J connectivity index is 1.35. The molecule has 2 aromatic rings. The van der Waals surface area contributed by atoms with E-state index < -0.39 is 0 Å². The van der Waals surface area contributed by atoms with E-state index in [2.05, 4.69) is 16.0 Å². The van der Waals surface area contributed by atoms with E-state index in [0.717, 1.165) is 25.9 Å². The number of hydrogen-bond acceptors (Lipinski definition) is 4. The predicted molar refractivity (Wildman–Crippen MR) is 124 cm³/mol. The maximum Gasteiger partial charge on any atom is 0.259 e. The predicted octanol–water partition coefficient (Wildman–Crippen LogP) is 3.57. The molecule has 0 spiro atoms. The monoisotopic (exact) mass is 433 g/mol. The molecule has 168 valence electrons. The quantitative estimate of drug-likeness (QED) is 0.736. The van der Waals surface area contributed by atoms with Crippen LogP contribution in [-0.2, 0) is 0 Å². The summed E-state index contributed by atoms with van der Waals surface area (Å²) in [6.45, 7) is 3.00. The topological polar surface area (TPSA) is 65.6 Å². The fourth-order valence-corrected chi connectivity index (χ4v) is 6.84. The van der Waals surface area contributed by atoms with Crippen molar-refractivity contribution in [2.45, 2.75) is 50.6 Å². The molecule has 1 aromatic heterocycles. The summed E-state index contributed by atoms with van der Waals surface area (Å²) in [7, 11) is 1.60. The number of carbonyl (C=O) groups excluding carboxylic acids is 1. The highest BCUT2D eigenvalue weighted by atomic mass is 16.5. The highest BCUT2D eigenvalue weighted by molar-refractivity contribution is 5.97. The number of aromatic nitrogens is 1. The van der Waals surface area contributed by atoms with Crippen LogP contribution in [0.25, 0.3) is 10.9 Å².